The summed E-state index contributed by atoms with van der Waals surface area (Å²) in [5.74, 6) is -0.0263. The van der Waals surface area contributed by atoms with Crippen LogP contribution in [0.1, 0.15) is 27.2 Å². The zero-order valence-electron chi connectivity index (χ0n) is 14.4. The molecule has 6 heteroatoms. The minimum Gasteiger partial charge on any atom is -0.324 e. The molecular weight excluding hydrogens is 326 g/mol. The van der Waals surface area contributed by atoms with Crippen molar-refractivity contribution < 1.29 is 4.79 Å². The zero-order valence-corrected chi connectivity index (χ0v) is 14.4. The molecule has 0 bridgehead atoms. The average molecular weight is 343 g/mol. The van der Waals surface area contributed by atoms with E-state index in [-0.39, 0.29) is 17.5 Å². The van der Waals surface area contributed by atoms with Gasteiger partial charge in [-0.15, -0.1) is 0 Å². The summed E-state index contributed by atoms with van der Waals surface area (Å²) in [6.45, 7) is 3.94. The van der Waals surface area contributed by atoms with E-state index in [0.717, 1.165) is 16.8 Å². The Labute approximate surface area is 151 Å². The van der Waals surface area contributed by atoms with E-state index in [2.05, 4.69) is 26.7 Å². The van der Waals surface area contributed by atoms with Gasteiger partial charge in [-0.05, 0) is 49.7 Å². The van der Waals surface area contributed by atoms with E-state index in [4.69, 9.17) is 5.26 Å². The number of carbonyl (C=O) groups is 1. The lowest BCUT2D eigenvalue weighted by Gasteiger charge is -2.10. The number of hydrogen-bond acceptors (Lipinski definition) is 5. The molecule has 0 unspecified atom stereocenters. The summed E-state index contributed by atoms with van der Waals surface area (Å²) >= 11 is 0. The third kappa shape index (κ3) is 4.02. The number of benzene rings is 2. The first-order chi connectivity index (χ1) is 12.5. The minimum absolute atomic E-state index is 0.249. The van der Waals surface area contributed by atoms with Gasteiger partial charge in [0.25, 0.3) is 5.91 Å². The Kier molecular flexibility index (Phi) is 4.90. The Hall–Kier alpha value is -3.72. The molecule has 128 valence electrons. The average Bonchev–Trinajstić information content (AvgIpc) is 2.64. The van der Waals surface area contributed by atoms with Crippen molar-refractivity contribution in [2.45, 2.75) is 13.8 Å². The number of nitrogens with zero attached hydrogens (tertiary/aromatic N) is 3. The molecule has 0 fully saturated rings. The molecule has 0 aliphatic carbocycles. The van der Waals surface area contributed by atoms with Gasteiger partial charge in [-0.3, -0.25) is 4.79 Å². The maximum absolute atomic E-state index is 12.5. The monoisotopic (exact) mass is 343 g/mol. The summed E-state index contributed by atoms with van der Waals surface area (Å²) in [5.41, 5.74) is 4.32. The van der Waals surface area contributed by atoms with E-state index in [0.29, 0.717) is 11.3 Å². The lowest BCUT2D eigenvalue weighted by molar-refractivity contribution is 0.102. The molecule has 0 spiro atoms. The summed E-state index contributed by atoms with van der Waals surface area (Å²) in [7, 11) is 0. The Bertz CT molecular complexity index is 1010. The van der Waals surface area contributed by atoms with Gasteiger partial charge in [0.2, 0.25) is 5.95 Å². The van der Waals surface area contributed by atoms with Crippen molar-refractivity contribution in [1.82, 2.24) is 9.97 Å². The number of nitriles is 1. The van der Waals surface area contributed by atoms with Gasteiger partial charge in [0.15, 0.2) is 0 Å². The highest BCUT2D eigenvalue weighted by atomic mass is 16.1. The number of hydrogen-bond donors (Lipinski definition) is 2. The third-order valence-electron chi connectivity index (χ3n) is 3.77. The van der Waals surface area contributed by atoms with Crippen LogP contribution in [-0.4, -0.2) is 15.9 Å². The van der Waals surface area contributed by atoms with Crippen LogP contribution in [0.3, 0.4) is 0 Å². The van der Waals surface area contributed by atoms with E-state index < -0.39 is 0 Å². The molecule has 2 aromatic carbocycles. The van der Waals surface area contributed by atoms with Gasteiger partial charge < -0.3 is 10.6 Å². The summed E-state index contributed by atoms with van der Waals surface area (Å²) in [5, 5.41) is 14.8. The van der Waals surface area contributed by atoms with Gasteiger partial charge in [0.1, 0.15) is 5.69 Å². The van der Waals surface area contributed by atoms with Crippen LogP contribution in [0.2, 0.25) is 0 Å². The predicted octanol–water partition coefficient (Wildman–Crippen LogP) is 3.96. The second kappa shape index (κ2) is 7.45. The van der Waals surface area contributed by atoms with Crippen LogP contribution >= 0.6 is 0 Å². The van der Waals surface area contributed by atoms with Crippen molar-refractivity contribution in [3.63, 3.8) is 0 Å². The summed E-state index contributed by atoms with van der Waals surface area (Å²) < 4.78 is 0. The van der Waals surface area contributed by atoms with Gasteiger partial charge in [0, 0.05) is 17.6 Å². The summed E-state index contributed by atoms with van der Waals surface area (Å²) in [4.78, 5) is 20.9. The molecule has 1 aromatic heterocycles. The fourth-order valence-corrected chi connectivity index (χ4v) is 2.48. The minimum atomic E-state index is -0.312. The van der Waals surface area contributed by atoms with Crippen LogP contribution in [0.15, 0.2) is 54.7 Å². The second-order valence-electron chi connectivity index (χ2n) is 5.86. The first kappa shape index (κ1) is 17.1. The highest BCUT2D eigenvalue weighted by Gasteiger charge is 2.11. The topological polar surface area (TPSA) is 90.7 Å². The fourth-order valence-electron chi connectivity index (χ4n) is 2.48. The molecule has 6 nitrogen and oxygen atoms in total. The first-order valence-electron chi connectivity index (χ1n) is 8.04. The quantitative estimate of drug-likeness (QED) is 0.748. The molecule has 0 radical (unpaired) electrons. The van der Waals surface area contributed by atoms with E-state index in [1.54, 1.807) is 30.3 Å². The zero-order chi connectivity index (χ0) is 18.5. The van der Waals surface area contributed by atoms with Crippen LogP contribution < -0.4 is 10.6 Å². The highest BCUT2D eigenvalue weighted by Crippen LogP contribution is 2.18. The van der Waals surface area contributed by atoms with Crippen LogP contribution in [0.4, 0.5) is 17.3 Å². The SMILES string of the molecule is Cc1ccc(NC(=O)c2ccnc(Nc3cccc(C#N)c3)n2)c(C)c1. The maximum Gasteiger partial charge on any atom is 0.274 e. The molecule has 0 aliphatic heterocycles. The molecule has 3 aromatic rings. The number of amides is 1. The van der Waals surface area contributed by atoms with Gasteiger partial charge in [-0.1, -0.05) is 23.8 Å². The maximum atomic E-state index is 12.5. The normalized spacial score (nSPS) is 10.0. The lowest BCUT2D eigenvalue weighted by atomic mass is 10.1. The summed E-state index contributed by atoms with van der Waals surface area (Å²) in [6, 6.07) is 16.4. The molecular formula is C20H17N5O. The van der Waals surface area contributed by atoms with Crippen LogP contribution in [0, 0.1) is 25.2 Å². The third-order valence-corrected chi connectivity index (χ3v) is 3.77. The lowest BCUT2D eigenvalue weighted by Crippen LogP contribution is -2.15. The molecule has 2 N–H and O–H groups in total. The number of carbonyl (C=O) groups excluding carboxylic acids is 1. The Balaban J connectivity index is 1.78. The van der Waals surface area contributed by atoms with Gasteiger partial charge in [0.05, 0.1) is 11.6 Å². The van der Waals surface area contributed by atoms with Crippen molar-refractivity contribution >= 4 is 23.2 Å². The van der Waals surface area contributed by atoms with Crippen molar-refractivity contribution in [2.75, 3.05) is 10.6 Å². The Morgan fingerprint density at radius 3 is 2.73 bits per heavy atom. The number of nitrogens with one attached hydrogen (secondary N) is 2. The Morgan fingerprint density at radius 2 is 1.96 bits per heavy atom. The van der Waals surface area contributed by atoms with Crippen LogP contribution in [-0.2, 0) is 0 Å². The van der Waals surface area contributed by atoms with E-state index in [1.165, 1.54) is 6.20 Å². The smallest absolute Gasteiger partial charge is 0.274 e. The van der Waals surface area contributed by atoms with Crippen molar-refractivity contribution in [3.05, 3.63) is 77.1 Å². The van der Waals surface area contributed by atoms with Crippen molar-refractivity contribution in [3.8, 4) is 6.07 Å². The molecule has 0 saturated carbocycles. The largest absolute Gasteiger partial charge is 0.324 e. The molecule has 26 heavy (non-hydrogen) atoms. The molecule has 0 atom stereocenters. The Morgan fingerprint density at radius 1 is 1.12 bits per heavy atom. The first-order valence-corrected chi connectivity index (χ1v) is 8.04. The highest BCUT2D eigenvalue weighted by molar-refractivity contribution is 6.03. The molecule has 3 rings (SSSR count). The van der Waals surface area contributed by atoms with Crippen molar-refractivity contribution in [1.29, 1.82) is 5.26 Å². The fraction of sp³-hybridized carbons (Fsp3) is 0.100. The van der Waals surface area contributed by atoms with Crippen LogP contribution in [0.5, 0.6) is 0 Å². The van der Waals surface area contributed by atoms with Gasteiger partial charge >= 0.3 is 0 Å². The standard InChI is InChI=1S/C20H17N5O/c1-13-6-7-17(14(2)10-13)24-19(26)18-8-9-22-20(25-18)23-16-5-3-4-15(11-16)12-21/h3-11H,1-2H3,(H,24,26)(H,22,23,25). The number of anilines is 3. The number of aryl methyl sites for hydroxylation is 2. The molecule has 1 heterocycles. The van der Waals surface area contributed by atoms with E-state index in [9.17, 15) is 4.79 Å². The van der Waals surface area contributed by atoms with Crippen molar-refractivity contribution in [2.24, 2.45) is 0 Å². The molecule has 0 saturated heterocycles. The molecule has 1 amide bonds. The van der Waals surface area contributed by atoms with Gasteiger partial charge in [-0.25, -0.2) is 9.97 Å². The molecule has 0 aliphatic rings. The van der Waals surface area contributed by atoms with E-state index >= 15 is 0 Å². The number of rotatable bonds is 4. The summed E-state index contributed by atoms with van der Waals surface area (Å²) in [6.07, 6.45) is 1.51. The second-order valence-corrected chi connectivity index (χ2v) is 5.86. The van der Waals surface area contributed by atoms with Crippen LogP contribution in [0.25, 0.3) is 0 Å². The predicted molar refractivity (Wildman–Crippen MR) is 100 cm³/mol. The van der Waals surface area contributed by atoms with E-state index in [1.807, 2.05) is 32.0 Å². The van der Waals surface area contributed by atoms with Gasteiger partial charge in [-0.2, -0.15) is 5.26 Å². The number of aromatic nitrogens is 2.